The van der Waals surface area contributed by atoms with Crippen molar-refractivity contribution >= 4 is 32.3 Å². The Hall–Kier alpha value is -4.68. The second-order valence-electron chi connectivity index (χ2n) is 10.1. The molecule has 0 bridgehead atoms. The highest BCUT2D eigenvalue weighted by atomic mass is 14.2. The van der Waals surface area contributed by atoms with E-state index in [1.165, 1.54) is 76.8 Å². The summed E-state index contributed by atoms with van der Waals surface area (Å²) in [6.45, 7) is 0. The van der Waals surface area contributed by atoms with Gasteiger partial charge in [0.15, 0.2) is 0 Å². The molecule has 1 aliphatic carbocycles. The first-order valence-electron chi connectivity index (χ1n) is 13.0. The molecule has 0 spiro atoms. The maximum absolute atomic E-state index is 2.43. The molecule has 7 aromatic rings. The van der Waals surface area contributed by atoms with Gasteiger partial charge in [-0.2, -0.15) is 0 Å². The molecule has 0 aromatic heterocycles. The number of fused-ring (bicyclic) bond motifs is 6. The molecule has 0 heterocycles. The molecule has 0 N–H and O–H groups in total. The Balaban J connectivity index is 1.42. The van der Waals surface area contributed by atoms with E-state index in [0.29, 0.717) is 0 Å². The fourth-order valence-corrected chi connectivity index (χ4v) is 6.40. The average Bonchev–Trinajstić information content (AvgIpc) is 3.33. The van der Waals surface area contributed by atoms with Crippen molar-refractivity contribution in [1.29, 1.82) is 0 Å². The average molecular weight is 469 g/mol. The molecule has 0 saturated heterocycles. The maximum atomic E-state index is 2.43. The second-order valence-corrected chi connectivity index (χ2v) is 10.1. The minimum absolute atomic E-state index is 1.00. The molecular weight excluding hydrogens is 444 g/mol. The highest BCUT2D eigenvalue weighted by molar-refractivity contribution is 6.21. The van der Waals surface area contributed by atoms with Crippen LogP contribution in [0.5, 0.6) is 0 Å². The summed E-state index contributed by atoms with van der Waals surface area (Å²) in [5.41, 5.74) is 10.8. The Bertz CT molecular complexity index is 1950. The predicted molar refractivity (Wildman–Crippen MR) is 158 cm³/mol. The van der Waals surface area contributed by atoms with Crippen LogP contribution in [0.4, 0.5) is 0 Å². The van der Waals surface area contributed by atoms with Gasteiger partial charge in [-0.05, 0) is 89.3 Å². The lowest BCUT2D eigenvalue weighted by Crippen LogP contribution is -1.92. The third-order valence-corrected chi connectivity index (χ3v) is 8.05. The molecule has 37 heavy (non-hydrogen) atoms. The lowest BCUT2D eigenvalue weighted by Gasteiger charge is -2.18. The van der Waals surface area contributed by atoms with Crippen LogP contribution in [0.3, 0.4) is 0 Å². The summed E-state index contributed by atoms with van der Waals surface area (Å²) in [7, 11) is 0. The van der Waals surface area contributed by atoms with Crippen LogP contribution in [-0.2, 0) is 6.42 Å². The lowest BCUT2D eigenvalue weighted by atomic mass is 9.85. The topological polar surface area (TPSA) is 0 Å². The van der Waals surface area contributed by atoms with Gasteiger partial charge in [0.25, 0.3) is 0 Å². The highest BCUT2D eigenvalue weighted by Gasteiger charge is 2.21. The normalized spacial score (nSPS) is 12.2. The van der Waals surface area contributed by atoms with Crippen molar-refractivity contribution in [3.05, 3.63) is 145 Å². The minimum Gasteiger partial charge on any atom is -0.0619 e. The summed E-state index contributed by atoms with van der Waals surface area (Å²) in [6, 6.07) is 49.3. The van der Waals surface area contributed by atoms with E-state index in [-0.39, 0.29) is 0 Å². The van der Waals surface area contributed by atoms with Gasteiger partial charge in [-0.3, -0.25) is 0 Å². The summed E-state index contributed by atoms with van der Waals surface area (Å²) in [5.74, 6) is 0. The summed E-state index contributed by atoms with van der Waals surface area (Å²) in [5, 5.41) is 7.76. The van der Waals surface area contributed by atoms with Crippen molar-refractivity contribution in [3.8, 4) is 33.4 Å². The van der Waals surface area contributed by atoms with Gasteiger partial charge in [-0.25, -0.2) is 0 Å². The first-order valence-corrected chi connectivity index (χ1v) is 13.0. The molecule has 0 amide bonds. The Labute approximate surface area is 216 Å². The Morgan fingerprint density at radius 2 is 0.865 bits per heavy atom. The monoisotopic (exact) mass is 468 g/mol. The third kappa shape index (κ3) is 3.09. The van der Waals surface area contributed by atoms with E-state index < -0.39 is 0 Å². The van der Waals surface area contributed by atoms with Crippen molar-refractivity contribution in [3.63, 3.8) is 0 Å². The van der Waals surface area contributed by atoms with Crippen LogP contribution in [0.15, 0.2) is 133 Å². The standard InChI is InChI=1S/C37H24/c1-2-10-25-21-27(18-17-24(25)9-1)36-32-13-5-7-15-34(32)37(35-16-8-6-14-33(35)36)28-19-20-31-29(23-28)22-26-11-3-4-12-30(26)31/h1-21,23H,22H2. The SMILES string of the molecule is c1ccc2c(c1)Cc1cc(-c3c4ccccc4c(-c4ccc5ccccc5c4)c4ccccc34)ccc1-2. The Morgan fingerprint density at radius 1 is 0.351 bits per heavy atom. The molecule has 0 nitrogen and oxygen atoms in total. The van der Waals surface area contributed by atoms with Gasteiger partial charge in [-0.1, -0.05) is 127 Å². The summed E-state index contributed by atoms with van der Waals surface area (Å²) >= 11 is 0. The smallest absolute Gasteiger partial charge is 0.00132 e. The first kappa shape index (κ1) is 20.5. The molecule has 1 aliphatic rings. The van der Waals surface area contributed by atoms with Gasteiger partial charge in [0.2, 0.25) is 0 Å². The molecule has 8 rings (SSSR count). The van der Waals surface area contributed by atoms with Crippen LogP contribution < -0.4 is 0 Å². The number of rotatable bonds is 2. The minimum atomic E-state index is 1.00. The largest absolute Gasteiger partial charge is 0.0619 e. The van der Waals surface area contributed by atoms with Crippen LogP contribution in [0.25, 0.3) is 65.7 Å². The number of hydrogen-bond donors (Lipinski definition) is 0. The first-order chi connectivity index (χ1) is 18.3. The van der Waals surface area contributed by atoms with Crippen molar-refractivity contribution in [2.24, 2.45) is 0 Å². The maximum Gasteiger partial charge on any atom is -0.00132 e. The van der Waals surface area contributed by atoms with Crippen LogP contribution in [0.1, 0.15) is 11.1 Å². The molecule has 0 unspecified atom stereocenters. The summed E-state index contributed by atoms with van der Waals surface area (Å²) in [6.07, 6.45) is 1.00. The van der Waals surface area contributed by atoms with Gasteiger partial charge in [0.1, 0.15) is 0 Å². The third-order valence-electron chi connectivity index (χ3n) is 8.05. The highest BCUT2D eigenvalue weighted by Crippen LogP contribution is 2.46. The quantitative estimate of drug-likeness (QED) is 0.221. The van der Waals surface area contributed by atoms with Gasteiger partial charge in [-0.15, -0.1) is 0 Å². The molecule has 0 fully saturated rings. The van der Waals surface area contributed by atoms with Gasteiger partial charge >= 0.3 is 0 Å². The molecular formula is C37H24. The van der Waals surface area contributed by atoms with Crippen molar-refractivity contribution in [1.82, 2.24) is 0 Å². The fourth-order valence-electron chi connectivity index (χ4n) is 6.40. The number of hydrogen-bond acceptors (Lipinski definition) is 0. The van der Waals surface area contributed by atoms with Crippen LogP contribution in [0, 0.1) is 0 Å². The molecule has 0 heteroatoms. The second kappa shape index (κ2) is 7.91. The van der Waals surface area contributed by atoms with E-state index in [2.05, 4.69) is 133 Å². The zero-order valence-corrected chi connectivity index (χ0v) is 20.4. The molecule has 172 valence electrons. The van der Waals surface area contributed by atoms with Gasteiger partial charge in [0.05, 0.1) is 0 Å². The van der Waals surface area contributed by atoms with E-state index in [9.17, 15) is 0 Å². The Morgan fingerprint density at radius 3 is 1.57 bits per heavy atom. The van der Waals surface area contributed by atoms with Crippen LogP contribution in [0.2, 0.25) is 0 Å². The summed E-state index contributed by atoms with van der Waals surface area (Å²) in [4.78, 5) is 0. The van der Waals surface area contributed by atoms with Crippen molar-refractivity contribution < 1.29 is 0 Å². The zero-order chi connectivity index (χ0) is 24.3. The van der Waals surface area contributed by atoms with Crippen LogP contribution >= 0.6 is 0 Å². The van der Waals surface area contributed by atoms with Gasteiger partial charge < -0.3 is 0 Å². The van der Waals surface area contributed by atoms with E-state index in [0.717, 1.165) is 6.42 Å². The molecule has 0 radical (unpaired) electrons. The Kier molecular flexibility index (Phi) is 4.39. The molecule has 0 saturated carbocycles. The predicted octanol–water partition coefficient (Wildman–Crippen LogP) is 10.1. The van der Waals surface area contributed by atoms with E-state index in [1.54, 1.807) is 0 Å². The van der Waals surface area contributed by atoms with Gasteiger partial charge in [0, 0.05) is 0 Å². The van der Waals surface area contributed by atoms with E-state index >= 15 is 0 Å². The summed E-state index contributed by atoms with van der Waals surface area (Å²) < 4.78 is 0. The lowest BCUT2D eigenvalue weighted by molar-refractivity contribution is 1.26. The fraction of sp³-hybridized carbons (Fsp3) is 0.0270. The molecule has 7 aromatic carbocycles. The molecule has 0 atom stereocenters. The zero-order valence-electron chi connectivity index (χ0n) is 20.4. The van der Waals surface area contributed by atoms with Crippen molar-refractivity contribution in [2.75, 3.05) is 0 Å². The van der Waals surface area contributed by atoms with Crippen molar-refractivity contribution in [2.45, 2.75) is 6.42 Å². The van der Waals surface area contributed by atoms with Crippen LogP contribution in [-0.4, -0.2) is 0 Å². The number of benzene rings is 7. The molecule has 0 aliphatic heterocycles. The van der Waals surface area contributed by atoms with E-state index in [1.807, 2.05) is 0 Å². The van der Waals surface area contributed by atoms with E-state index in [4.69, 9.17) is 0 Å².